The third-order valence-corrected chi connectivity index (χ3v) is 2.70. The van der Waals surface area contributed by atoms with Crippen LogP contribution in [-0.4, -0.2) is 29.1 Å². The highest BCUT2D eigenvalue weighted by molar-refractivity contribution is 5.91. The molecule has 1 aromatic rings. The van der Waals surface area contributed by atoms with E-state index < -0.39 is 0 Å². The van der Waals surface area contributed by atoms with E-state index in [4.69, 9.17) is 4.74 Å². The summed E-state index contributed by atoms with van der Waals surface area (Å²) in [4.78, 5) is 17.4. The molecule has 0 atom stereocenters. The van der Waals surface area contributed by atoms with E-state index in [0.717, 1.165) is 16.3 Å². The van der Waals surface area contributed by atoms with Crippen molar-refractivity contribution in [3.63, 3.8) is 0 Å². The zero-order valence-corrected chi connectivity index (χ0v) is 9.14. The first-order valence-electron chi connectivity index (χ1n) is 5.31. The minimum Gasteiger partial charge on any atom is -0.473 e. The van der Waals surface area contributed by atoms with Gasteiger partial charge < -0.3 is 10.1 Å². The molecule has 0 saturated carbocycles. The number of fused-ring (bicyclic) bond motifs is 3. The van der Waals surface area contributed by atoms with Crippen LogP contribution in [0, 0.1) is 0 Å². The van der Waals surface area contributed by atoms with E-state index in [1.54, 1.807) is 23.2 Å². The van der Waals surface area contributed by atoms with Crippen molar-refractivity contribution in [3.05, 3.63) is 35.4 Å². The highest BCUT2D eigenvalue weighted by Crippen LogP contribution is 2.09. The summed E-state index contributed by atoms with van der Waals surface area (Å²) < 4.78 is 5.36. The Morgan fingerprint density at radius 1 is 1.59 bits per heavy atom. The van der Waals surface area contributed by atoms with Crippen molar-refractivity contribution in [2.75, 3.05) is 13.2 Å². The van der Waals surface area contributed by atoms with Crippen LogP contribution in [-0.2, 0) is 0 Å². The molecule has 2 aliphatic rings. The molecule has 5 heteroatoms. The fourth-order valence-corrected chi connectivity index (χ4v) is 1.92. The third-order valence-electron chi connectivity index (χ3n) is 2.70. The summed E-state index contributed by atoms with van der Waals surface area (Å²) in [6.07, 6.45) is 3.40. The number of pyridine rings is 1. The van der Waals surface area contributed by atoms with E-state index >= 15 is 0 Å². The lowest BCUT2D eigenvalue weighted by Gasteiger charge is -2.10. The molecule has 3 rings (SSSR count). The van der Waals surface area contributed by atoms with Gasteiger partial charge in [-0.15, -0.1) is 0 Å². The lowest BCUT2D eigenvalue weighted by atomic mass is 10.2. The van der Waals surface area contributed by atoms with Gasteiger partial charge in [-0.1, -0.05) is 12.7 Å². The van der Waals surface area contributed by atoms with Gasteiger partial charge >= 0.3 is 6.03 Å². The van der Waals surface area contributed by atoms with Gasteiger partial charge in [0.25, 0.3) is 0 Å². The molecule has 2 amide bonds. The second kappa shape index (κ2) is 3.62. The molecule has 2 aliphatic heterocycles. The minimum absolute atomic E-state index is 0.105. The Morgan fingerprint density at radius 2 is 2.47 bits per heavy atom. The summed E-state index contributed by atoms with van der Waals surface area (Å²) in [6.45, 7) is 4.60. The number of ether oxygens (including phenoxy) is 1. The molecule has 0 radical (unpaired) electrons. The van der Waals surface area contributed by atoms with Crippen LogP contribution in [0.15, 0.2) is 24.8 Å². The highest BCUT2D eigenvalue weighted by Gasteiger charge is 2.26. The van der Waals surface area contributed by atoms with E-state index in [2.05, 4.69) is 16.9 Å². The first kappa shape index (κ1) is 9.89. The Balaban J connectivity index is 2.09. The van der Waals surface area contributed by atoms with Crippen LogP contribution in [0.25, 0.3) is 11.9 Å². The van der Waals surface area contributed by atoms with E-state index in [-0.39, 0.29) is 6.03 Å². The number of hydrogen-bond acceptors (Lipinski definition) is 3. The van der Waals surface area contributed by atoms with Crippen molar-refractivity contribution in [2.24, 2.45) is 0 Å². The summed E-state index contributed by atoms with van der Waals surface area (Å²) in [5, 5.41) is 4.52. The van der Waals surface area contributed by atoms with Crippen molar-refractivity contribution in [1.82, 2.24) is 15.2 Å². The minimum atomic E-state index is -0.105. The van der Waals surface area contributed by atoms with E-state index in [1.165, 1.54) is 0 Å². The van der Waals surface area contributed by atoms with Gasteiger partial charge in [0.15, 0.2) is 0 Å². The number of carbonyl (C=O) groups excluding carboxylic acids is 1. The topological polar surface area (TPSA) is 54.5 Å². The lowest BCUT2D eigenvalue weighted by molar-refractivity contribution is 0.233. The summed E-state index contributed by atoms with van der Waals surface area (Å²) in [6, 6.07) is 3.60. The predicted molar refractivity (Wildman–Crippen MR) is 62.3 cm³/mol. The van der Waals surface area contributed by atoms with Gasteiger partial charge in [-0.05, 0) is 6.07 Å². The van der Waals surface area contributed by atoms with Gasteiger partial charge in [-0.3, -0.25) is 4.90 Å². The molecular weight excluding hydrogens is 218 g/mol. The van der Waals surface area contributed by atoms with E-state index in [1.807, 2.05) is 6.07 Å². The molecule has 17 heavy (non-hydrogen) atoms. The second-order valence-electron chi connectivity index (χ2n) is 3.85. The molecule has 1 fully saturated rings. The Morgan fingerprint density at radius 3 is 3.29 bits per heavy atom. The molecule has 0 unspecified atom stereocenters. The maximum absolute atomic E-state index is 11.5. The van der Waals surface area contributed by atoms with Crippen molar-refractivity contribution in [1.29, 1.82) is 0 Å². The van der Waals surface area contributed by atoms with Gasteiger partial charge in [0.1, 0.15) is 6.61 Å². The Hall–Kier alpha value is -2.30. The number of rotatable bonds is 3. The van der Waals surface area contributed by atoms with E-state index in [0.29, 0.717) is 19.0 Å². The van der Waals surface area contributed by atoms with Crippen LogP contribution in [0.2, 0.25) is 0 Å². The number of hydrogen-bond donors (Lipinski definition) is 1. The Kier molecular flexibility index (Phi) is 2.11. The quantitative estimate of drug-likeness (QED) is 0.713. The smallest absolute Gasteiger partial charge is 0.326 e. The van der Waals surface area contributed by atoms with Gasteiger partial charge in [-0.2, -0.15) is 0 Å². The number of amides is 2. The largest absolute Gasteiger partial charge is 0.473 e. The van der Waals surface area contributed by atoms with Crippen molar-refractivity contribution < 1.29 is 9.53 Å². The predicted octanol–water partition coefficient (Wildman–Crippen LogP) is -0.469. The number of carbonyl (C=O) groups is 1. The fraction of sp³-hybridized carbons (Fsp3) is 0.167. The SMILES string of the molecule is C=CCOc1ccc2c(n1)=CN1CC=2NC1=O. The van der Waals surface area contributed by atoms with Crippen LogP contribution in [0.3, 0.4) is 0 Å². The zero-order chi connectivity index (χ0) is 11.8. The molecule has 1 aromatic heterocycles. The number of urea groups is 1. The standard InChI is InChI=1S/C12H11N3O2/c1-2-5-17-11-4-3-8-9(13-11)6-15-7-10(8)14-12(15)16/h2-4,6H,1,5,7H2,(H,14,16). The van der Waals surface area contributed by atoms with Crippen molar-refractivity contribution in [2.45, 2.75) is 0 Å². The zero-order valence-electron chi connectivity index (χ0n) is 9.14. The fourth-order valence-electron chi connectivity index (χ4n) is 1.92. The second-order valence-corrected chi connectivity index (χ2v) is 3.85. The number of nitrogens with zero attached hydrogens (tertiary/aromatic N) is 2. The summed E-state index contributed by atoms with van der Waals surface area (Å²) >= 11 is 0. The Labute approximate surface area is 97.7 Å². The molecular formula is C12H11N3O2. The highest BCUT2D eigenvalue weighted by atomic mass is 16.5. The van der Waals surface area contributed by atoms with Gasteiger partial charge in [0.05, 0.1) is 11.9 Å². The monoisotopic (exact) mass is 229 g/mol. The summed E-state index contributed by atoms with van der Waals surface area (Å²) in [7, 11) is 0. The van der Waals surface area contributed by atoms with Gasteiger partial charge in [0.2, 0.25) is 5.88 Å². The van der Waals surface area contributed by atoms with Crippen LogP contribution in [0.5, 0.6) is 5.88 Å². The maximum Gasteiger partial charge on any atom is 0.326 e. The summed E-state index contributed by atoms with van der Waals surface area (Å²) in [5.74, 6) is 0.537. The van der Waals surface area contributed by atoms with E-state index in [9.17, 15) is 4.79 Å². The van der Waals surface area contributed by atoms with Gasteiger partial charge in [-0.25, -0.2) is 9.78 Å². The first-order valence-corrected chi connectivity index (χ1v) is 5.31. The molecule has 3 heterocycles. The average Bonchev–Trinajstić information content (AvgIpc) is 2.63. The molecule has 1 N–H and O–H groups in total. The van der Waals surface area contributed by atoms with Crippen LogP contribution < -0.4 is 20.6 Å². The molecule has 0 aromatic carbocycles. The number of aromatic nitrogens is 1. The maximum atomic E-state index is 11.5. The number of nitrogens with one attached hydrogen (secondary N) is 1. The third kappa shape index (κ3) is 1.56. The van der Waals surface area contributed by atoms with Crippen LogP contribution in [0.4, 0.5) is 4.79 Å². The molecule has 2 bridgehead atoms. The summed E-state index contributed by atoms with van der Waals surface area (Å²) in [5.41, 5.74) is 0.898. The van der Waals surface area contributed by atoms with Crippen LogP contribution in [0.1, 0.15) is 0 Å². The molecule has 0 aliphatic carbocycles. The molecule has 86 valence electrons. The molecule has 1 saturated heterocycles. The normalized spacial score (nSPS) is 16.1. The average molecular weight is 229 g/mol. The first-order chi connectivity index (χ1) is 8.28. The van der Waals surface area contributed by atoms with Gasteiger partial charge in [0, 0.05) is 23.2 Å². The molecule has 0 spiro atoms. The van der Waals surface area contributed by atoms with Crippen molar-refractivity contribution in [3.8, 4) is 5.88 Å². The lowest BCUT2D eigenvalue weighted by Crippen LogP contribution is -2.37. The Bertz CT molecular complexity index is 621. The molecule has 5 nitrogen and oxygen atoms in total. The van der Waals surface area contributed by atoms with Crippen molar-refractivity contribution >= 4 is 17.9 Å². The van der Waals surface area contributed by atoms with Crippen LogP contribution >= 0.6 is 0 Å².